The number of hydrogen-bond acceptors (Lipinski definition) is 3. The Labute approximate surface area is 138 Å². The molecule has 0 saturated heterocycles. The van der Waals surface area contributed by atoms with Crippen molar-refractivity contribution in [3.8, 4) is 0 Å². The minimum atomic E-state index is -0.0791. The lowest BCUT2D eigenvalue weighted by Crippen LogP contribution is -2.38. The normalized spacial score (nSPS) is 12.2. The number of carbonyl (C=O) groups is 1. The van der Waals surface area contributed by atoms with Crippen LogP contribution in [-0.4, -0.2) is 21.8 Å². The van der Waals surface area contributed by atoms with Crippen LogP contribution in [0.4, 0.5) is 0 Å². The van der Waals surface area contributed by atoms with Gasteiger partial charge in [0.1, 0.15) is 0 Å². The smallest absolute Gasteiger partial charge is 0.292 e. The first-order chi connectivity index (χ1) is 11.0. The van der Waals surface area contributed by atoms with Gasteiger partial charge in [0.15, 0.2) is 5.89 Å². The molecule has 1 heterocycles. The summed E-state index contributed by atoms with van der Waals surface area (Å²) in [5, 5.41) is 0. The molecule has 0 saturated carbocycles. The number of hydrogen-bond donors (Lipinski definition) is 0. The predicted octanol–water partition coefficient (Wildman–Crippen LogP) is 4.29. The van der Waals surface area contributed by atoms with E-state index in [-0.39, 0.29) is 11.9 Å². The summed E-state index contributed by atoms with van der Waals surface area (Å²) < 4.78 is 5.66. The van der Waals surface area contributed by atoms with Crippen LogP contribution < -0.4 is 0 Å². The Morgan fingerprint density at radius 2 is 1.87 bits per heavy atom. The van der Waals surface area contributed by atoms with Crippen LogP contribution in [0.5, 0.6) is 0 Å². The summed E-state index contributed by atoms with van der Waals surface area (Å²) in [6.07, 6.45) is 1.58. The minimum Gasteiger partial charge on any atom is -0.435 e. The number of nitrogens with zero attached hydrogens (tertiary/aromatic N) is 2. The van der Waals surface area contributed by atoms with Gasteiger partial charge in [0.25, 0.3) is 5.91 Å². The van der Waals surface area contributed by atoms with E-state index in [1.165, 1.54) is 5.56 Å². The molecule has 1 aromatic heterocycles. The highest BCUT2D eigenvalue weighted by Gasteiger charge is 2.26. The first-order valence-corrected chi connectivity index (χ1v) is 8.29. The maximum absolute atomic E-state index is 13.0. The molecule has 0 radical (unpaired) electrons. The average molecular weight is 314 g/mol. The first-order valence-electron chi connectivity index (χ1n) is 8.29. The Morgan fingerprint density at radius 3 is 2.39 bits per heavy atom. The zero-order valence-corrected chi connectivity index (χ0v) is 14.7. The SMILES string of the molecule is CCc1nc(C)c(C(=O)N(Cc2ccc(C)cc2)[C@H](C)CC)o1. The van der Waals surface area contributed by atoms with E-state index in [0.717, 1.165) is 12.0 Å². The van der Waals surface area contributed by atoms with Gasteiger partial charge in [-0.2, -0.15) is 0 Å². The van der Waals surface area contributed by atoms with E-state index in [4.69, 9.17) is 4.42 Å². The summed E-state index contributed by atoms with van der Waals surface area (Å²) >= 11 is 0. The third kappa shape index (κ3) is 4.01. The molecule has 0 unspecified atom stereocenters. The van der Waals surface area contributed by atoms with Crippen LogP contribution >= 0.6 is 0 Å². The predicted molar refractivity (Wildman–Crippen MR) is 91.4 cm³/mol. The van der Waals surface area contributed by atoms with Gasteiger partial charge in [-0.1, -0.05) is 43.7 Å². The van der Waals surface area contributed by atoms with E-state index < -0.39 is 0 Å². The highest BCUT2D eigenvalue weighted by Crippen LogP contribution is 2.19. The second-order valence-corrected chi connectivity index (χ2v) is 6.05. The van der Waals surface area contributed by atoms with Crippen LogP contribution in [0.3, 0.4) is 0 Å². The maximum atomic E-state index is 13.0. The summed E-state index contributed by atoms with van der Waals surface area (Å²) in [6.45, 7) is 10.6. The Kier molecular flexibility index (Phi) is 5.59. The monoisotopic (exact) mass is 314 g/mol. The van der Waals surface area contributed by atoms with Crippen molar-refractivity contribution < 1.29 is 9.21 Å². The maximum Gasteiger partial charge on any atom is 0.292 e. The summed E-state index contributed by atoms with van der Waals surface area (Å²) in [4.78, 5) is 19.2. The van der Waals surface area contributed by atoms with Crippen molar-refractivity contribution in [2.45, 2.75) is 60.0 Å². The molecule has 2 aromatic rings. The highest BCUT2D eigenvalue weighted by atomic mass is 16.4. The van der Waals surface area contributed by atoms with E-state index in [1.807, 2.05) is 18.7 Å². The molecule has 0 aliphatic carbocycles. The lowest BCUT2D eigenvalue weighted by Gasteiger charge is -2.28. The summed E-state index contributed by atoms with van der Waals surface area (Å²) in [5.41, 5.74) is 3.01. The Morgan fingerprint density at radius 1 is 1.22 bits per heavy atom. The van der Waals surface area contributed by atoms with Gasteiger partial charge in [0.2, 0.25) is 5.76 Å². The topological polar surface area (TPSA) is 46.3 Å². The molecule has 1 amide bonds. The van der Waals surface area contributed by atoms with Gasteiger partial charge in [0, 0.05) is 19.0 Å². The first kappa shape index (κ1) is 17.3. The number of aromatic nitrogens is 1. The molecule has 0 spiro atoms. The quantitative estimate of drug-likeness (QED) is 0.799. The lowest BCUT2D eigenvalue weighted by atomic mass is 10.1. The molecule has 0 aliphatic rings. The van der Waals surface area contributed by atoms with Crippen molar-refractivity contribution in [1.29, 1.82) is 0 Å². The lowest BCUT2D eigenvalue weighted by molar-refractivity contribution is 0.0636. The summed E-state index contributed by atoms with van der Waals surface area (Å²) in [5.74, 6) is 0.907. The fourth-order valence-corrected chi connectivity index (χ4v) is 2.47. The van der Waals surface area contributed by atoms with Crippen molar-refractivity contribution >= 4 is 5.91 Å². The second kappa shape index (κ2) is 7.44. The third-order valence-electron chi connectivity index (χ3n) is 4.19. The molecule has 4 heteroatoms. The van der Waals surface area contributed by atoms with Gasteiger partial charge >= 0.3 is 0 Å². The molecule has 0 aliphatic heterocycles. The molecule has 4 nitrogen and oxygen atoms in total. The number of oxazole rings is 1. The van der Waals surface area contributed by atoms with E-state index in [2.05, 4.69) is 50.0 Å². The molecular formula is C19H26N2O2. The molecule has 124 valence electrons. The van der Waals surface area contributed by atoms with Crippen molar-refractivity contribution in [2.75, 3.05) is 0 Å². The Bertz CT molecular complexity index is 659. The minimum absolute atomic E-state index is 0.0791. The molecule has 23 heavy (non-hydrogen) atoms. The van der Waals surface area contributed by atoms with Crippen LogP contribution in [0, 0.1) is 13.8 Å². The molecule has 2 rings (SSSR count). The van der Waals surface area contributed by atoms with Crippen molar-refractivity contribution in [2.24, 2.45) is 0 Å². The fourth-order valence-electron chi connectivity index (χ4n) is 2.47. The van der Waals surface area contributed by atoms with Crippen molar-refractivity contribution in [3.05, 3.63) is 52.7 Å². The zero-order chi connectivity index (χ0) is 17.0. The number of benzene rings is 1. The standard InChI is InChI=1S/C19H26N2O2/c1-6-14(4)21(12-16-10-8-13(3)9-11-16)19(22)18-15(5)20-17(7-2)23-18/h8-11,14H,6-7,12H2,1-5H3/t14-/m1/s1. The van der Waals surface area contributed by atoms with Gasteiger partial charge in [-0.3, -0.25) is 4.79 Å². The summed E-state index contributed by atoms with van der Waals surface area (Å²) in [6, 6.07) is 8.43. The third-order valence-corrected chi connectivity index (χ3v) is 4.19. The van der Waals surface area contributed by atoms with Crippen LogP contribution in [0.15, 0.2) is 28.7 Å². The fraction of sp³-hybridized carbons (Fsp3) is 0.474. The van der Waals surface area contributed by atoms with Crippen LogP contribution in [0.2, 0.25) is 0 Å². The number of amides is 1. The summed E-state index contributed by atoms with van der Waals surface area (Å²) in [7, 11) is 0. The molecule has 0 N–H and O–H groups in total. The average Bonchev–Trinajstić information content (AvgIpc) is 2.94. The van der Waals surface area contributed by atoms with Crippen LogP contribution in [0.1, 0.15) is 60.5 Å². The largest absolute Gasteiger partial charge is 0.435 e. The molecular weight excluding hydrogens is 288 g/mol. The number of aryl methyl sites for hydroxylation is 3. The van der Waals surface area contributed by atoms with Gasteiger partial charge in [-0.15, -0.1) is 0 Å². The molecule has 1 atom stereocenters. The van der Waals surface area contributed by atoms with Gasteiger partial charge in [-0.25, -0.2) is 4.98 Å². The van der Waals surface area contributed by atoms with Crippen molar-refractivity contribution in [1.82, 2.24) is 9.88 Å². The molecule has 0 bridgehead atoms. The van der Waals surface area contributed by atoms with E-state index >= 15 is 0 Å². The number of carbonyl (C=O) groups excluding carboxylic acids is 1. The Hall–Kier alpha value is -2.10. The zero-order valence-electron chi connectivity index (χ0n) is 14.7. The van der Waals surface area contributed by atoms with Crippen molar-refractivity contribution in [3.63, 3.8) is 0 Å². The van der Waals surface area contributed by atoms with Gasteiger partial charge in [-0.05, 0) is 32.8 Å². The van der Waals surface area contributed by atoms with Gasteiger partial charge < -0.3 is 9.32 Å². The van der Waals surface area contributed by atoms with Crippen LogP contribution in [-0.2, 0) is 13.0 Å². The molecule has 0 fully saturated rings. The van der Waals surface area contributed by atoms with E-state index in [9.17, 15) is 4.79 Å². The van der Waals surface area contributed by atoms with E-state index in [0.29, 0.717) is 30.3 Å². The van der Waals surface area contributed by atoms with Crippen LogP contribution in [0.25, 0.3) is 0 Å². The highest BCUT2D eigenvalue weighted by molar-refractivity contribution is 5.92. The second-order valence-electron chi connectivity index (χ2n) is 6.05. The number of rotatable bonds is 6. The van der Waals surface area contributed by atoms with E-state index in [1.54, 1.807) is 0 Å². The Balaban J connectivity index is 2.28. The van der Waals surface area contributed by atoms with Gasteiger partial charge in [0.05, 0.1) is 5.69 Å². The molecule has 1 aromatic carbocycles.